The summed E-state index contributed by atoms with van der Waals surface area (Å²) < 4.78 is 0. The maximum absolute atomic E-state index is 10.7. The first-order chi connectivity index (χ1) is 5.52. The van der Waals surface area contributed by atoms with E-state index in [0.717, 1.165) is 0 Å². The average Bonchev–Trinajstić information content (AvgIpc) is 1.82. The molecule has 0 amide bonds. The van der Waals surface area contributed by atoms with Crippen LogP contribution in [0.2, 0.25) is 0 Å². The van der Waals surface area contributed by atoms with Crippen molar-refractivity contribution in [3.63, 3.8) is 0 Å². The third-order valence-corrected chi connectivity index (χ3v) is 1.77. The normalized spacial score (nSPS) is 13.0. The molecule has 1 aromatic carbocycles. The van der Waals surface area contributed by atoms with Crippen LogP contribution >= 0.6 is 0 Å². The average molecular weight is 163 g/mol. The Kier molecular flexibility index (Phi) is 2.52. The highest BCUT2D eigenvalue weighted by Crippen LogP contribution is 2.12. The topological polar surface area (TPSA) is 47.7 Å². The molecule has 2 radical (unpaired) electrons. The van der Waals surface area contributed by atoms with Gasteiger partial charge in [-0.15, -0.1) is 0 Å². The van der Waals surface area contributed by atoms with Gasteiger partial charge in [0, 0.05) is 11.1 Å². The van der Waals surface area contributed by atoms with Crippen molar-refractivity contribution < 1.29 is 10.4 Å². The molecule has 0 saturated carbocycles. The predicted molar refractivity (Wildman–Crippen MR) is 47.1 cm³/mol. The summed E-state index contributed by atoms with van der Waals surface area (Å²) in [5.74, 6) is 0. The first-order valence-corrected chi connectivity index (χ1v) is 3.62. The van der Waals surface area contributed by atoms with Gasteiger partial charge in [-0.2, -0.15) is 5.23 Å². The number of aryl methyl sites for hydroxylation is 2. The zero-order chi connectivity index (χ0) is 9.30. The third kappa shape index (κ3) is 1.66. The van der Waals surface area contributed by atoms with E-state index >= 15 is 0 Å². The highest BCUT2D eigenvalue weighted by atomic mass is 16.8. The minimum atomic E-state index is -0.898. The fourth-order valence-corrected chi connectivity index (χ4v) is 1.33. The standard InChI is InChI=1S/C8H10BNO2/c1-5-3-7(9)4-6(2)8(5)10(11)12/h3-4,10-11H,1-2H3. The predicted octanol–water partition coefficient (Wildman–Crippen LogP) is -0.499. The molecule has 0 aliphatic carbocycles. The second-order valence-electron chi connectivity index (χ2n) is 2.83. The second kappa shape index (κ2) is 3.27. The number of rotatable bonds is 1. The van der Waals surface area contributed by atoms with Gasteiger partial charge in [-0.05, 0) is 13.8 Å². The largest absolute Gasteiger partial charge is 0.595 e. The highest BCUT2D eigenvalue weighted by molar-refractivity contribution is 6.32. The van der Waals surface area contributed by atoms with Crippen LogP contribution in [0.4, 0.5) is 5.69 Å². The van der Waals surface area contributed by atoms with Gasteiger partial charge in [-0.3, -0.25) is 0 Å². The molecule has 12 heavy (non-hydrogen) atoms. The second-order valence-corrected chi connectivity index (χ2v) is 2.83. The number of benzene rings is 1. The number of quaternary nitrogens is 1. The summed E-state index contributed by atoms with van der Waals surface area (Å²) in [5, 5.41) is 18.6. The van der Waals surface area contributed by atoms with Crippen molar-refractivity contribution in [2.45, 2.75) is 13.8 Å². The van der Waals surface area contributed by atoms with Crippen molar-refractivity contribution >= 4 is 19.0 Å². The van der Waals surface area contributed by atoms with Crippen molar-refractivity contribution in [3.05, 3.63) is 28.5 Å². The van der Waals surface area contributed by atoms with E-state index in [4.69, 9.17) is 13.1 Å². The Morgan fingerprint density at radius 1 is 1.33 bits per heavy atom. The van der Waals surface area contributed by atoms with Gasteiger partial charge in [0.05, 0.1) is 0 Å². The van der Waals surface area contributed by atoms with Crippen LogP contribution in [-0.2, 0) is 0 Å². The molecule has 2 N–H and O–H groups in total. The Morgan fingerprint density at radius 3 is 2.08 bits per heavy atom. The summed E-state index contributed by atoms with van der Waals surface area (Å²) in [7, 11) is 5.54. The molecule has 0 bridgehead atoms. The number of hydrogen-bond donors (Lipinski definition) is 2. The molecule has 0 aliphatic rings. The summed E-state index contributed by atoms with van der Waals surface area (Å²) in [4.78, 5) is 0. The lowest BCUT2D eigenvalue weighted by Crippen LogP contribution is -2.99. The lowest BCUT2D eigenvalue weighted by atomic mass is 9.91. The molecule has 4 heteroatoms. The highest BCUT2D eigenvalue weighted by Gasteiger charge is 2.08. The molecule has 0 aliphatic heterocycles. The molecule has 3 nitrogen and oxygen atoms in total. The van der Waals surface area contributed by atoms with E-state index in [1.165, 1.54) is 0 Å². The molecule has 1 atom stereocenters. The minimum absolute atomic E-state index is 0.351. The van der Waals surface area contributed by atoms with Crippen LogP contribution in [0.5, 0.6) is 0 Å². The van der Waals surface area contributed by atoms with Gasteiger partial charge in [0.25, 0.3) is 0 Å². The maximum atomic E-state index is 10.7. The van der Waals surface area contributed by atoms with Crippen molar-refractivity contribution in [1.82, 2.24) is 0 Å². The van der Waals surface area contributed by atoms with Gasteiger partial charge in [-0.25, -0.2) is 5.21 Å². The van der Waals surface area contributed by atoms with Crippen LogP contribution in [0.1, 0.15) is 11.1 Å². The minimum Gasteiger partial charge on any atom is -0.595 e. The number of nitrogens with one attached hydrogen (secondary N) is 1. The van der Waals surface area contributed by atoms with Crippen molar-refractivity contribution in [1.29, 1.82) is 0 Å². The van der Waals surface area contributed by atoms with Crippen molar-refractivity contribution in [3.8, 4) is 0 Å². The van der Waals surface area contributed by atoms with Gasteiger partial charge in [0.15, 0.2) is 5.69 Å². The van der Waals surface area contributed by atoms with Gasteiger partial charge >= 0.3 is 0 Å². The summed E-state index contributed by atoms with van der Waals surface area (Å²) in [6.07, 6.45) is 0. The van der Waals surface area contributed by atoms with E-state index in [1.807, 2.05) is 0 Å². The summed E-state index contributed by atoms with van der Waals surface area (Å²) in [5.41, 5.74) is 2.37. The third-order valence-electron chi connectivity index (χ3n) is 1.77. The molecule has 1 rings (SSSR count). The lowest BCUT2D eigenvalue weighted by molar-refractivity contribution is -0.991. The zero-order valence-corrected chi connectivity index (χ0v) is 7.09. The molecule has 1 aromatic rings. The Balaban J connectivity index is 3.28. The Morgan fingerprint density at radius 2 is 1.75 bits per heavy atom. The smallest absolute Gasteiger partial charge is 0.169 e. The number of hydrogen-bond acceptors (Lipinski definition) is 2. The molecule has 0 heterocycles. The molecule has 0 fully saturated rings. The Bertz CT molecular complexity index is 276. The van der Waals surface area contributed by atoms with Crippen LogP contribution in [-0.4, -0.2) is 13.1 Å². The molecule has 0 aromatic heterocycles. The van der Waals surface area contributed by atoms with Crippen LogP contribution in [0.3, 0.4) is 0 Å². The maximum Gasteiger partial charge on any atom is 0.169 e. The van der Waals surface area contributed by atoms with E-state index in [2.05, 4.69) is 0 Å². The zero-order valence-electron chi connectivity index (χ0n) is 7.09. The first kappa shape index (κ1) is 9.25. The monoisotopic (exact) mass is 163 g/mol. The van der Waals surface area contributed by atoms with Crippen molar-refractivity contribution in [2.24, 2.45) is 0 Å². The molecular formula is C8H10BNO2. The quantitative estimate of drug-likeness (QED) is 0.433. The van der Waals surface area contributed by atoms with Crippen LogP contribution in [0, 0.1) is 19.1 Å². The van der Waals surface area contributed by atoms with E-state index in [1.54, 1.807) is 26.0 Å². The van der Waals surface area contributed by atoms with Crippen LogP contribution in [0.15, 0.2) is 12.1 Å². The van der Waals surface area contributed by atoms with Gasteiger partial charge in [-0.1, -0.05) is 17.6 Å². The molecule has 1 unspecified atom stereocenters. The Labute approximate surface area is 72.6 Å². The van der Waals surface area contributed by atoms with Crippen molar-refractivity contribution in [2.75, 3.05) is 0 Å². The fourth-order valence-electron chi connectivity index (χ4n) is 1.33. The van der Waals surface area contributed by atoms with Gasteiger partial charge < -0.3 is 5.21 Å². The molecular weight excluding hydrogens is 153 g/mol. The fraction of sp³-hybridized carbons (Fsp3) is 0.250. The van der Waals surface area contributed by atoms with E-state index in [0.29, 0.717) is 22.3 Å². The molecule has 62 valence electrons. The summed E-state index contributed by atoms with van der Waals surface area (Å²) >= 11 is 0. The first-order valence-electron chi connectivity index (χ1n) is 3.62. The molecule has 0 spiro atoms. The van der Waals surface area contributed by atoms with Gasteiger partial charge in [0.2, 0.25) is 0 Å². The Hall–Kier alpha value is -0.835. The van der Waals surface area contributed by atoms with Crippen LogP contribution < -0.4 is 10.7 Å². The molecule has 0 saturated heterocycles. The van der Waals surface area contributed by atoms with Crippen LogP contribution in [0.25, 0.3) is 0 Å². The van der Waals surface area contributed by atoms with E-state index < -0.39 is 5.23 Å². The van der Waals surface area contributed by atoms with Gasteiger partial charge in [0.1, 0.15) is 7.85 Å². The summed E-state index contributed by atoms with van der Waals surface area (Å²) in [6.45, 7) is 3.49. The lowest BCUT2D eigenvalue weighted by Gasteiger charge is -2.16. The van der Waals surface area contributed by atoms with E-state index in [-0.39, 0.29) is 0 Å². The SMILES string of the molecule is [B]c1cc(C)c([NH+]([O-])O)c(C)c1. The summed E-state index contributed by atoms with van der Waals surface area (Å²) in [6, 6.07) is 3.33. The van der Waals surface area contributed by atoms with E-state index in [9.17, 15) is 5.21 Å².